The van der Waals surface area contributed by atoms with Gasteiger partial charge in [0.05, 0.1) is 5.56 Å². The molecular formula is C22H25FN4O4. The first kappa shape index (κ1) is 21.2. The molecule has 1 fully saturated rings. The van der Waals surface area contributed by atoms with Gasteiger partial charge in [-0.15, -0.1) is 0 Å². The zero-order valence-electron chi connectivity index (χ0n) is 17.4. The van der Waals surface area contributed by atoms with E-state index in [2.05, 4.69) is 15.1 Å². The molecule has 0 radical (unpaired) electrons. The van der Waals surface area contributed by atoms with E-state index in [0.717, 1.165) is 25.7 Å². The molecule has 1 saturated carbocycles. The van der Waals surface area contributed by atoms with Crippen LogP contribution in [-0.2, 0) is 22.7 Å². The van der Waals surface area contributed by atoms with Crippen LogP contribution in [0, 0.1) is 11.7 Å². The Kier molecular flexibility index (Phi) is 6.41. The first-order valence-corrected chi connectivity index (χ1v) is 10.5. The molecule has 31 heavy (non-hydrogen) atoms. The third-order valence-corrected chi connectivity index (χ3v) is 5.68. The van der Waals surface area contributed by atoms with E-state index in [1.807, 2.05) is 0 Å². The SMILES string of the molecule is COCc1noc(CN(CC2CCCCC2)C(=O)C(=O)c2c[nH]c3cc(F)ccc23)n1. The van der Waals surface area contributed by atoms with Crippen molar-refractivity contribution in [2.45, 2.75) is 45.3 Å². The topological polar surface area (TPSA) is 101 Å². The van der Waals surface area contributed by atoms with Gasteiger partial charge in [0.25, 0.3) is 11.7 Å². The van der Waals surface area contributed by atoms with Crippen molar-refractivity contribution in [2.24, 2.45) is 5.92 Å². The summed E-state index contributed by atoms with van der Waals surface area (Å²) in [5, 5.41) is 4.35. The molecule has 2 heterocycles. The number of hydrogen-bond acceptors (Lipinski definition) is 6. The van der Waals surface area contributed by atoms with Crippen molar-refractivity contribution >= 4 is 22.6 Å². The second-order valence-corrected chi connectivity index (χ2v) is 7.95. The molecule has 0 aliphatic heterocycles. The van der Waals surface area contributed by atoms with Crippen molar-refractivity contribution in [3.05, 3.63) is 47.5 Å². The summed E-state index contributed by atoms with van der Waals surface area (Å²) in [7, 11) is 1.53. The predicted molar refractivity (Wildman–Crippen MR) is 110 cm³/mol. The minimum atomic E-state index is -0.648. The van der Waals surface area contributed by atoms with Crippen LogP contribution in [0.15, 0.2) is 28.9 Å². The Bertz CT molecular complexity index is 1070. The van der Waals surface area contributed by atoms with Gasteiger partial charge in [0, 0.05) is 30.8 Å². The highest BCUT2D eigenvalue weighted by Gasteiger charge is 2.29. The summed E-state index contributed by atoms with van der Waals surface area (Å²) >= 11 is 0. The average molecular weight is 428 g/mol. The Morgan fingerprint density at radius 2 is 2.10 bits per heavy atom. The van der Waals surface area contributed by atoms with Gasteiger partial charge in [-0.3, -0.25) is 9.59 Å². The van der Waals surface area contributed by atoms with Crippen molar-refractivity contribution in [1.29, 1.82) is 0 Å². The van der Waals surface area contributed by atoms with Crippen LogP contribution < -0.4 is 0 Å². The number of fused-ring (bicyclic) bond motifs is 1. The van der Waals surface area contributed by atoms with Crippen LogP contribution in [0.5, 0.6) is 0 Å². The fourth-order valence-corrected chi connectivity index (χ4v) is 4.15. The summed E-state index contributed by atoms with van der Waals surface area (Å²) in [5.41, 5.74) is 0.690. The van der Waals surface area contributed by atoms with Crippen molar-refractivity contribution < 1.29 is 23.2 Å². The molecule has 0 bridgehead atoms. The zero-order chi connectivity index (χ0) is 21.8. The molecule has 1 N–H and O–H groups in total. The van der Waals surface area contributed by atoms with Crippen LogP contribution in [0.2, 0.25) is 0 Å². The Hall–Kier alpha value is -3.07. The normalized spacial score (nSPS) is 14.8. The van der Waals surface area contributed by atoms with E-state index in [0.29, 0.717) is 29.2 Å². The summed E-state index contributed by atoms with van der Waals surface area (Å²) < 4.78 is 23.7. The van der Waals surface area contributed by atoms with Gasteiger partial charge in [-0.1, -0.05) is 24.4 Å². The number of ketones is 1. The van der Waals surface area contributed by atoms with Crippen LogP contribution >= 0.6 is 0 Å². The zero-order valence-corrected chi connectivity index (χ0v) is 17.4. The van der Waals surface area contributed by atoms with Crippen LogP contribution in [0.3, 0.4) is 0 Å². The molecular weight excluding hydrogens is 403 g/mol. The van der Waals surface area contributed by atoms with Crippen LogP contribution in [-0.4, -0.2) is 45.4 Å². The van der Waals surface area contributed by atoms with Gasteiger partial charge >= 0.3 is 0 Å². The molecule has 8 nitrogen and oxygen atoms in total. The molecule has 0 atom stereocenters. The number of aromatic nitrogens is 3. The average Bonchev–Trinajstić information content (AvgIpc) is 3.39. The second-order valence-electron chi connectivity index (χ2n) is 7.95. The molecule has 1 aliphatic rings. The number of rotatable bonds is 8. The number of methoxy groups -OCH3 is 1. The van der Waals surface area contributed by atoms with Crippen LogP contribution in [0.25, 0.3) is 10.9 Å². The number of nitrogens with zero attached hydrogens (tertiary/aromatic N) is 3. The standard InChI is InChI=1S/C22H25FN4O4/c1-30-13-19-25-20(31-26-19)12-27(11-14-5-3-2-4-6-14)22(29)21(28)17-10-24-18-9-15(23)7-8-16(17)18/h7-10,14,24H,2-6,11-13H2,1H3. The number of nitrogens with one attached hydrogen (secondary N) is 1. The molecule has 4 rings (SSSR count). The predicted octanol–water partition coefficient (Wildman–Crippen LogP) is 3.63. The largest absolute Gasteiger partial charge is 0.377 e. The summed E-state index contributed by atoms with van der Waals surface area (Å²) in [5.74, 6) is -0.740. The van der Waals surface area contributed by atoms with Crippen molar-refractivity contribution in [1.82, 2.24) is 20.0 Å². The Labute approximate surface area is 178 Å². The van der Waals surface area contributed by atoms with Gasteiger partial charge in [0.2, 0.25) is 5.89 Å². The first-order valence-electron chi connectivity index (χ1n) is 10.5. The summed E-state index contributed by atoms with van der Waals surface area (Å²) in [6.45, 7) is 0.698. The van der Waals surface area contributed by atoms with Crippen molar-refractivity contribution in [3.63, 3.8) is 0 Å². The lowest BCUT2D eigenvalue weighted by molar-refractivity contribution is -0.128. The quantitative estimate of drug-likeness (QED) is 0.434. The van der Waals surface area contributed by atoms with Gasteiger partial charge in [0.15, 0.2) is 5.82 Å². The molecule has 0 saturated heterocycles. The Morgan fingerprint density at radius 1 is 1.29 bits per heavy atom. The third kappa shape index (κ3) is 4.82. The number of amides is 1. The fourth-order valence-electron chi connectivity index (χ4n) is 4.15. The van der Waals surface area contributed by atoms with Gasteiger partial charge in [-0.05, 0) is 37.0 Å². The summed E-state index contributed by atoms with van der Waals surface area (Å²) in [4.78, 5) is 34.9. The minimum Gasteiger partial charge on any atom is -0.377 e. The van der Waals surface area contributed by atoms with E-state index >= 15 is 0 Å². The lowest BCUT2D eigenvalue weighted by atomic mass is 9.89. The molecule has 0 spiro atoms. The van der Waals surface area contributed by atoms with Crippen molar-refractivity contribution in [2.75, 3.05) is 13.7 Å². The molecule has 2 aromatic heterocycles. The van der Waals surface area contributed by atoms with E-state index in [1.165, 1.54) is 42.8 Å². The van der Waals surface area contributed by atoms with Crippen LogP contribution in [0.4, 0.5) is 4.39 Å². The third-order valence-electron chi connectivity index (χ3n) is 5.68. The number of carbonyl (C=O) groups excluding carboxylic acids is 2. The lowest BCUT2D eigenvalue weighted by Crippen LogP contribution is -2.40. The molecule has 1 aliphatic carbocycles. The smallest absolute Gasteiger partial charge is 0.295 e. The molecule has 164 valence electrons. The Balaban J connectivity index is 1.57. The van der Waals surface area contributed by atoms with E-state index < -0.39 is 17.5 Å². The number of halogens is 1. The number of carbonyl (C=O) groups is 2. The monoisotopic (exact) mass is 428 g/mol. The summed E-state index contributed by atoms with van der Waals surface area (Å²) in [6, 6.07) is 4.07. The molecule has 1 amide bonds. The molecule has 9 heteroatoms. The van der Waals surface area contributed by atoms with Gasteiger partial charge < -0.3 is 19.1 Å². The van der Waals surface area contributed by atoms with E-state index in [-0.39, 0.29) is 24.6 Å². The highest BCUT2D eigenvalue weighted by molar-refractivity contribution is 6.44. The van der Waals surface area contributed by atoms with Gasteiger partial charge in [0.1, 0.15) is 19.0 Å². The highest BCUT2D eigenvalue weighted by Crippen LogP contribution is 2.26. The van der Waals surface area contributed by atoms with Crippen molar-refractivity contribution in [3.8, 4) is 0 Å². The maximum absolute atomic E-state index is 13.5. The van der Waals surface area contributed by atoms with Gasteiger partial charge in [-0.25, -0.2) is 4.39 Å². The maximum atomic E-state index is 13.5. The second kappa shape index (κ2) is 9.38. The lowest BCUT2D eigenvalue weighted by Gasteiger charge is -2.28. The molecule has 0 unspecified atom stereocenters. The number of ether oxygens (including phenoxy) is 1. The van der Waals surface area contributed by atoms with E-state index in [4.69, 9.17) is 9.26 Å². The summed E-state index contributed by atoms with van der Waals surface area (Å²) in [6.07, 6.45) is 6.92. The molecule has 1 aromatic carbocycles. The number of H-pyrrole nitrogens is 1. The maximum Gasteiger partial charge on any atom is 0.295 e. The highest BCUT2D eigenvalue weighted by atomic mass is 19.1. The first-order chi connectivity index (χ1) is 15.0. The van der Waals surface area contributed by atoms with Gasteiger partial charge in [-0.2, -0.15) is 4.98 Å². The van der Waals surface area contributed by atoms with Crippen LogP contribution in [0.1, 0.15) is 54.2 Å². The molecule has 3 aromatic rings. The number of aromatic amines is 1. The minimum absolute atomic E-state index is 0.0504. The van der Waals surface area contributed by atoms with E-state index in [1.54, 1.807) is 0 Å². The fraction of sp³-hybridized carbons (Fsp3) is 0.455. The number of hydrogen-bond donors (Lipinski definition) is 1. The number of benzene rings is 1. The van der Waals surface area contributed by atoms with E-state index in [9.17, 15) is 14.0 Å². The number of Topliss-reactive ketones (excluding diaryl/α,β-unsaturated/α-hetero) is 1. The Morgan fingerprint density at radius 3 is 2.87 bits per heavy atom.